The Morgan fingerprint density at radius 3 is 2.62 bits per heavy atom. The first-order valence-corrected chi connectivity index (χ1v) is 7.44. The molecule has 0 spiro atoms. The molecule has 0 aliphatic rings. The molecule has 0 saturated heterocycles. The highest BCUT2D eigenvalue weighted by molar-refractivity contribution is 5.91. The van der Waals surface area contributed by atoms with Gasteiger partial charge in [0.1, 0.15) is 17.2 Å². The summed E-state index contributed by atoms with van der Waals surface area (Å²) in [6, 6.07) is 2.30. The van der Waals surface area contributed by atoms with Crippen molar-refractivity contribution >= 4 is 22.8 Å². The number of halogens is 4. The van der Waals surface area contributed by atoms with E-state index in [-0.39, 0.29) is 23.0 Å². The van der Waals surface area contributed by atoms with Crippen molar-refractivity contribution in [1.29, 1.82) is 0 Å². The summed E-state index contributed by atoms with van der Waals surface area (Å²) in [4.78, 5) is 11.6. The topological polar surface area (TPSA) is 58.4 Å². The van der Waals surface area contributed by atoms with Crippen LogP contribution in [0.15, 0.2) is 23.3 Å². The molecule has 1 heterocycles. The van der Waals surface area contributed by atoms with Crippen LogP contribution in [0.25, 0.3) is 10.9 Å². The Kier molecular flexibility index (Phi) is 5.17. The Labute approximate surface area is 136 Å². The lowest BCUT2D eigenvalue weighted by Crippen LogP contribution is -2.46. The molecule has 8 heteroatoms. The van der Waals surface area contributed by atoms with Crippen LogP contribution in [0.4, 0.5) is 23.2 Å². The van der Waals surface area contributed by atoms with Crippen LogP contribution in [0.3, 0.4) is 0 Å². The molecule has 24 heavy (non-hydrogen) atoms. The monoisotopic (exact) mass is 343 g/mol. The van der Waals surface area contributed by atoms with Crippen molar-refractivity contribution in [1.82, 2.24) is 9.97 Å². The molecule has 1 aromatic carbocycles. The van der Waals surface area contributed by atoms with E-state index in [1.54, 1.807) is 13.8 Å². The summed E-state index contributed by atoms with van der Waals surface area (Å²) in [7, 11) is 0. The molecule has 0 radical (unpaired) electrons. The number of fused-ring (bicyclic) bond motifs is 1. The van der Waals surface area contributed by atoms with E-state index in [1.807, 2.05) is 0 Å². The second kappa shape index (κ2) is 6.80. The van der Waals surface area contributed by atoms with Crippen LogP contribution in [-0.4, -0.2) is 33.1 Å². The van der Waals surface area contributed by atoms with E-state index in [0.29, 0.717) is 18.5 Å². The minimum absolute atomic E-state index is 0.0266. The Morgan fingerprint density at radius 2 is 2.00 bits per heavy atom. The van der Waals surface area contributed by atoms with Gasteiger partial charge in [0.25, 0.3) is 0 Å². The Balaban J connectivity index is 2.47. The molecule has 1 unspecified atom stereocenters. The zero-order valence-electron chi connectivity index (χ0n) is 13.2. The van der Waals surface area contributed by atoms with E-state index in [0.717, 1.165) is 6.07 Å². The Bertz CT molecular complexity index is 761. The van der Waals surface area contributed by atoms with Gasteiger partial charge in [0.15, 0.2) is 5.60 Å². The highest BCUT2D eigenvalue weighted by Gasteiger charge is 2.52. The van der Waals surface area contributed by atoms with Gasteiger partial charge in [0.2, 0.25) is 0 Å². The minimum atomic E-state index is -4.85. The molecule has 1 atom stereocenters. The Morgan fingerprint density at radius 1 is 1.29 bits per heavy atom. The number of rotatable bonds is 5. The van der Waals surface area contributed by atoms with Gasteiger partial charge >= 0.3 is 6.18 Å². The lowest BCUT2D eigenvalue weighted by molar-refractivity contribution is -0.230. The zero-order valence-corrected chi connectivity index (χ0v) is 13.2. The van der Waals surface area contributed by atoms with Gasteiger partial charge < -0.3 is 5.11 Å². The molecule has 0 aliphatic carbocycles. The molecule has 2 rings (SSSR count). The molecule has 4 nitrogen and oxygen atoms in total. The zero-order chi connectivity index (χ0) is 18.0. The van der Waals surface area contributed by atoms with Crippen LogP contribution >= 0.6 is 0 Å². The molecular weight excluding hydrogens is 326 g/mol. The number of aliphatic hydroxyl groups is 1. The minimum Gasteiger partial charge on any atom is -0.376 e. The SMILES string of the molecule is CCCCC(O)(C=Nc1ccc(F)c2nc(C)ncc12)C(F)(F)F. The largest absolute Gasteiger partial charge is 0.422 e. The maximum atomic E-state index is 13.8. The van der Waals surface area contributed by atoms with Gasteiger partial charge in [-0.25, -0.2) is 14.4 Å². The van der Waals surface area contributed by atoms with Crippen molar-refractivity contribution in [2.24, 2.45) is 4.99 Å². The summed E-state index contributed by atoms with van der Waals surface area (Å²) in [5.41, 5.74) is -3.00. The van der Waals surface area contributed by atoms with Crippen molar-refractivity contribution in [3.63, 3.8) is 0 Å². The van der Waals surface area contributed by atoms with Gasteiger partial charge in [0.05, 0.1) is 5.69 Å². The number of hydrogen-bond donors (Lipinski definition) is 1. The number of unbranched alkanes of at least 4 members (excludes halogenated alkanes) is 1. The second-order valence-corrected chi connectivity index (χ2v) is 5.53. The fourth-order valence-corrected chi connectivity index (χ4v) is 2.17. The van der Waals surface area contributed by atoms with Gasteiger partial charge in [0, 0.05) is 17.8 Å². The highest BCUT2D eigenvalue weighted by atomic mass is 19.4. The molecule has 0 bridgehead atoms. The summed E-state index contributed by atoms with van der Waals surface area (Å²) in [5, 5.41) is 10.1. The van der Waals surface area contributed by atoms with E-state index in [4.69, 9.17) is 0 Å². The van der Waals surface area contributed by atoms with Crippen LogP contribution in [0.1, 0.15) is 32.0 Å². The van der Waals surface area contributed by atoms with Crippen LogP contribution in [0, 0.1) is 12.7 Å². The number of alkyl halides is 3. The first-order chi connectivity index (χ1) is 11.2. The molecule has 0 saturated carbocycles. The third-order valence-electron chi connectivity index (χ3n) is 3.62. The maximum absolute atomic E-state index is 13.8. The van der Waals surface area contributed by atoms with Crippen molar-refractivity contribution in [3.8, 4) is 0 Å². The van der Waals surface area contributed by atoms with E-state index in [2.05, 4.69) is 15.0 Å². The molecule has 2 aromatic rings. The molecule has 1 aromatic heterocycles. The van der Waals surface area contributed by atoms with Gasteiger partial charge in [-0.1, -0.05) is 19.8 Å². The van der Waals surface area contributed by atoms with Crippen molar-refractivity contribution < 1.29 is 22.7 Å². The predicted molar refractivity (Wildman–Crippen MR) is 82.9 cm³/mol. The number of benzene rings is 1. The van der Waals surface area contributed by atoms with Gasteiger partial charge in [-0.2, -0.15) is 13.2 Å². The maximum Gasteiger partial charge on any atom is 0.422 e. The van der Waals surface area contributed by atoms with Crippen LogP contribution < -0.4 is 0 Å². The summed E-state index contributed by atoms with van der Waals surface area (Å²) >= 11 is 0. The van der Waals surface area contributed by atoms with Gasteiger partial charge in [-0.3, -0.25) is 4.99 Å². The summed E-state index contributed by atoms with van der Waals surface area (Å²) in [6.45, 7) is 3.29. The molecule has 0 aliphatic heterocycles. The van der Waals surface area contributed by atoms with E-state index in [9.17, 15) is 22.7 Å². The summed E-state index contributed by atoms with van der Waals surface area (Å²) in [6.07, 6.45) is -2.89. The van der Waals surface area contributed by atoms with Crippen molar-refractivity contribution in [2.45, 2.75) is 44.9 Å². The van der Waals surface area contributed by atoms with E-state index < -0.39 is 24.0 Å². The van der Waals surface area contributed by atoms with E-state index >= 15 is 0 Å². The number of hydrogen-bond acceptors (Lipinski definition) is 4. The third kappa shape index (κ3) is 3.69. The molecular formula is C16H17F4N3O. The average molecular weight is 343 g/mol. The molecule has 130 valence electrons. The third-order valence-corrected chi connectivity index (χ3v) is 3.62. The van der Waals surface area contributed by atoms with Crippen LogP contribution in [-0.2, 0) is 0 Å². The standard InChI is InChI=1S/C16H17F4N3O/c1-3-4-7-15(24,16(18,19)20)9-22-13-6-5-12(17)14-11(13)8-21-10(2)23-14/h5-6,8-9,24H,3-4,7H2,1-2H3. The number of nitrogens with zero attached hydrogens (tertiary/aromatic N) is 3. The van der Waals surface area contributed by atoms with Crippen molar-refractivity contribution in [3.05, 3.63) is 30.0 Å². The lowest BCUT2D eigenvalue weighted by Gasteiger charge is -2.26. The number of aliphatic imine (C=N–C) groups is 1. The quantitative estimate of drug-likeness (QED) is 0.652. The van der Waals surface area contributed by atoms with E-state index in [1.165, 1.54) is 12.3 Å². The molecule has 0 amide bonds. The van der Waals surface area contributed by atoms with Crippen LogP contribution in [0.5, 0.6) is 0 Å². The second-order valence-electron chi connectivity index (χ2n) is 5.53. The summed E-state index contributed by atoms with van der Waals surface area (Å²) in [5.74, 6) is -0.288. The number of aromatic nitrogens is 2. The normalized spacial score (nSPS) is 15.1. The van der Waals surface area contributed by atoms with Gasteiger partial charge in [-0.15, -0.1) is 0 Å². The summed E-state index contributed by atoms with van der Waals surface area (Å²) < 4.78 is 53.2. The fourth-order valence-electron chi connectivity index (χ4n) is 2.17. The average Bonchev–Trinajstić information content (AvgIpc) is 2.51. The fraction of sp³-hybridized carbons (Fsp3) is 0.438. The smallest absolute Gasteiger partial charge is 0.376 e. The predicted octanol–water partition coefficient (Wildman–Crippen LogP) is 4.26. The van der Waals surface area contributed by atoms with Crippen molar-refractivity contribution in [2.75, 3.05) is 0 Å². The molecule has 1 N–H and O–H groups in total. The van der Waals surface area contributed by atoms with Gasteiger partial charge in [-0.05, 0) is 25.5 Å². The lowest BCUT2D eigenvalue weighted by atomic mass is 9.97. The van der Waals surface area contributed by atoms with Crippen LogP contribution in [0.2, 0.25) is 0 Å². The highest BCUT2D eigenvalue weighted by Crippen LogP contribution is 2.34. The first kappa shape index (κ1) is 18.3. The first-order valence-electron chi connectivity index (χ1n) is 7.44. The molecule has 0 fully saturated rings. The Hall–Kier alpha value is -2.09. The number of aryl methyl sites for hydroxylation is 1.